The molecule has 1 amide bonds. The molecule has 4 N–H and O–H groups in total. The van der Waals surface area contributed by atoms with Crippen LogP contribution in [-0.4, -0.2) is 36.4 Å². The second-order valence-electron chi connectivity index (χ2n) is 3.86. The van der Waals surface area contributed by atoms with Crippen LogP contribution in [0.3, 0.4) is 0 Å². The normalized spacial score (nSPS) is 12.8. The maximum absolute atomic E-state index is 12.0. The van der Waals surface area contributed by atoms with Crippen molar-refractivity contribution in [1.82, 2.24) is 9.71 Å². The maximum Gasteiger partial charge on any atom is 0.321 e. The van der Waals surface area contributed by atoms with Crippen molar-refractivity contribution in [2.75, 3.05) is 0 Å². The van der Waals surface area contributed by atoms with E-state index in [1.54, 1.807) is 0 Å². The van der Waals surface area contributed by atoms with Gasteiger partial charge in [-0.25, -0.2) is 8.42 Å². The summed E-state index contributed by atoms with van der Waals surface area (Å²) in [7, 11) is -4.05. The van der Waals surface area contributed by atoms with Crippen LogP contribution >= 0.6 is 15.9 Å². The molecule has 20 heavy (non-hydrogen) atoms. The molecule has 8 nitrogen and oxygen atoms in total. The number of nitrogens with one attached hydrogen (secondary N) is 1. The van der Waals surface area contributed by atoms with Crippen molar-refractivity contribution in [2.24, 2.45) is 5.73 Å². The fraction of sp³-hybridized carbons (Fsp3) is 0.300. The minimum absolute atomic E-state index is 0.183. The van der Waals surface area contributed by atoms with E-state index in [4.69, 9.17) is 10.8 Å². The van der Waals surface area contributed by atoms with Crippen molar-refractivity contribution < 1.29 is 23.1 Å². The summed E-state index contributed by atoms with van der Waals surface area (Å²) in [6, 6.07) is -0.158. The Morgan fingerprint density at radius 3 is 2.60 bits per heavy atom. The van der Waals surface area contributed by atoms with E-state index >= 15 is 0 Å². The smallest absolute Gasteiger partial charge is 0.321 e. The molecular formula is C10H12BrN3O5S. The first-order valence-electron chi connectivity index (χ1n) is 5.36. The zero-order valence-electron chi connectivity index (χ0n) is 10.1. The first kappa shape index (κ1) is 16.5. The highest BCUT2D eigenvalue weighted by Gasteiger charge is 2.26. The molecule has 110 valence electrons. The Kier molecular flexibility index (Phi) is 5.60. The summed E-state index contributed by atoms with van der Waals surface area (Å²) >= 11 is 3.07. The number of aromatic nitrogens is 1. The number of halogens is 1. The van der Waals surface area contributed by atoms with E-state index in [2.05, 4.69) is 20.9 Å². The number of carboxylic acids is 1. The van der Waals surface area contributed by atoms with Gasteiger partial charge in [0, 0.05) is 23.3 Å². The van der Waals surface area contributed by atoms with Gasteiger partial charge in [-0.2, -0.15) is 4.72 Å². The number of pyridine rings is 1. The summed E-state index contributed by atoms with van der Waals surface area (Å²) in [4.78, 5) is 25.1. The minimum atomic E-state index is -4.05. The van der Waals surface area contributed by atoms with Crippen LogP contribution in [0.5, 0.6) is 0 Å². The predicted molar refractivity (Wildman–Crippen MR) is 72.1 cm³/mol. The summed E-state index contributed by atoms with van der Waals surface area (Å²) in [5.41, 5.74) is 4.91. The molecule has 1 heterocycles. The number of rotatable bonds is 7. The fourth-order valence-electron chi connectivity index (χ4n) is 1.31. The van der Waals surface area contributed by atoms with Crippen LogP contribution in [0.1, 0.15) is 12.8 Å². The standard InChI is InChI=1S/C10H12BrN3O5S/c11-6-3-7(5-13-4-6)20(18,19)14-8(10(16)17)1-2-9(12)15/h3-5,8,14H,1-2H2,(H2,12,15)(H,16,17). The molecule has 0 aliphatic heterocycles. The Hall–Kier alpha value is -1.52. The average molecular weight is 366 g/mol. The van der Waals surface area contributed by atoms with Crippen molar-refractivity contribution >= 4 is 37.8 Å². The van der Waals surface area contributed by atoms with Crippen LogP contribution in [-0.2, 0) is 19.6 Å². The maximum atomic E-state index is 12.0. The van der Waals surface area contributed by atoms with Crippen LogP contribution in [0.25, 0.3) is 0 Å². The van der Waals surface area contributed by atoms with Gasteiger partial charge in [-0.15, -0.1) is 0 Å². The van der Waals surface area contributed by atoms with Gasteiger partial charge >= 0.3 is 5.97 Å². The molecule has 1 rings (SSSR count). The topological polar surface area (TPSA) is 139 Å². The molecule has 10 heteroatoms. The van der Waals surface area contributed by atoms with Crippen molar-refractivity contribution in [2.45, 2.75) is 23.8 Å². The van der Waals surface area contributed by atoms with Gasteiger partial charge in [-0.1, -0.05) is 0 Å². The molecule has 0 aromatic carbocycles. The fourth-order valence-corrected chi connectivity index (χ4v) is 3.04. The summed E-state index contributed by atoms with van der Waals surface area (Å²) < 4.78 is 26.4. The number of carbonyl (C=O) groups is 2. The quantitative estimate of drug-likeness (QED) is 0.613. The first-order chi connectivity index (χ1) is 9.22. The minimum Gasteiger partial charge on any atom is -0.480 e. The molecule has 0 saturated carbocycles. The first-order valence-corrected chi connectivity index (χ1v) is 7.64. The zero-order chi connectivity index (χ0) is 15.3. The molecular weight excluding hydrogens is 354 g/mol. The number of hydrogen-bond acceptors (Lipinski definition) is 5. The van der Waals surface area contributed by atoms with Crippen LogP contribution < -0.4 is 10.5 Å². The lowest BCUT2D eigenvalue weighted by atomic mass is 10.2. The van der Waals surface area contributed by atoms with Crippen LogP contribution in [0, 0.1) is 0 Å². The van der Waals surface area contributed by atoms with Crippen molar-refractivity contribution in [3.05, 3.63) is 22.9 Å². The largest absolute Gasteiger partial charge is 0.480 e. The third kappa shape index (κ3) is 4.87. The molecule has 0 spiro atoms. The Morgan fingerprint density at radius 1 is 1.45 bits per heavy atom. The van der Waals surface area contributed by atoms with E-state index in [0.717, 1.165) is 6.20 Å². The third-order valence-corrected chi connectivity index (χ3v) is 4.14. The van der Waals surface area contributed by atoms with Crippen LogP contribution in [0.2, 0.25) is 0 Å². The lowest BCUT2D eigenvalue weighted by Crippen LogP contribution is -2.41. The van der Waals surface area contributed by atoms with Gasteiger partial charge in [0.15, 0.2) is 0 Å². The van der Waals surface area contributed by atoms with Gasteiger partial charge in [0.05, 0.1) is 0 Å². The number of nitrogens with zero attached hydrogens (tertiary/aromatic N) is 1. The molecule has 1 aromatic rings. The third-order valence-electron chi connectivity index (χ3n) is 2.27. The van der Waals surface area contributed by atoms with E-state index in [0.29, 0.717) is 4.47 Å². The molecule has 0 aliphatic carbocycles. The van der Waals surface area contributed by atoms with E-state index in [9.17, 15) is 18.0 Å². The molecule has 1 aromatic heterocycles. The number of hydrogen-bond donors (Lipinski definition) is 3. The van der Waals surface area contributed by atoms with Crippen molar-refractivity contribution in [1.29, 1.82) is 0 Å². The molecule has 1 atom stereocenters. The second kappa shape index (κ2) is 6.77. The molecule has 0 bridgehead atoms. The lowest BCUT2D eigenvalue weighted by Gasteiger charge is -2.14. The van der Waals surface area contributed by atoms with E-state index in [1.165, 1.54) is 12.3 Å². The van der Waals surface area contributed by atoms with E-state index < -0.39 is 27.9 Å². The van der Waals surface area contributed by atoms with Gasteiger partial charge in [-0.05, 0) is 28.4 Å². The molecule has 0 radical (unpaired) electrons. The van der Waals surface area contributed by atoms with Crippen LogP contribution in [0.4, 0.5) is 0 Å². The monoisotopic (exact) mass is 365 g/mol. The summed E-state index contributed by atoms with van der Waals surface area (Å²) in [5.74, 6) is -2.10. The highest BCUT2D eigenvalue weighted by Crippen LogP contribution is 2.15. The van der Waals surface area contributed by atoms with Crippen molar-refractivity contribution in [3.8, 4) is 0 Å². The highest BCUT2D eigenvalue weighted by atomic mass is 79.9. The number of nitrogens with two attached hydrogens (primary N) is 1. The number of carbonyl (C=O) groups excluding carboxylic acids is 1. The summed E-state index contributed by atoms with van der Waals surface area (Å²) in [6.07, 6.45) is 2.00. The van der Waals surface area contributed by atoms with Gasteiger partial charge in [0.1, 0.15) is 10.9 Å². The molecule has 0 saturated heterocycles. The number of sulfonamides is 1. The highest BCUT2D eigenvalue weighted by molar-refractivity contribution is 9.10. The SMILES string of the molecule is NC(=O)CCC(NS(=O)(=O)c1cncc(Br)c1)C(=O)O. The molecule has 0 aliphatic rings. The van der Waals surface area contributed by atoms with E-state index in [-0.39, 0.29) is 17.7 Å². The number of amides is 1. The molecule has 1 unspecified atom stereocenters. The molecule has 0 fully saturated rings. The second-order valence-corrected chi connectivity index (χ2v) is 6.49. The van der Waals surface area contributed by atoms with E-state index in [1.807, 2.05) is 4.72 Å². The van der Waals surface area contributed by atoms with Gasteiger partial charge in [-0.3, -0.25) is 14.6 Å². The summed E-state index contributed by atoms with van der Waals surface area (Å²) in [6.45, 7) is 0. The predicted octanol–water partition coefficient (Wildman–Crippen LogP) is -0.159. The lowest BCUT2D eigenvalue weighted by molar-refractivity contribution is -0.139. The Labute approximate surface area is 123 Å². The Balaban J connectivity index is 2.91. The van der Waals surface area contributed by atoms with Crippen LogP contribution in [0.15, 0.2) is 27.8 Å². The summed E-state index contributed by atoms with van der Waals surface area (Å²) in [5, 5.41) is 8.95. The number of carboxylic acid groups (broad SMARTS) is 1. The Morgan fingerprint density at radius 2 is 2.10 bits per heavy atom. The number of aliphatic carboxylic acids is 1. The zero-order valence-corrected chi connectivity index (χ0v) is 12.5. The van der Waals surface area contributed by atoms with Crippen molar-refractivity contribution in [3.63, 3.8) is 0 Å². The van der Waals surface area contributed by atoms with Gasteiger partial charge < -0.3 is 10.8 Å². The Bertz CT molecular complexity index is 619. The van der Waals surface area contributed by atoms with Gasteiger partial charge in [0.2, 0.25) is 15.9 Å². The van der Waals surface area contributed by atoms with Gasteiger partial charge in [0.25, 0.3) is 0 Å². The number of primary amides is 1. The average Bonchev–Trinajstić information content (AvgIpc) is 2.34.